The van der Waals surface area contributed by atoms with Crippen molar-refractivity contribution in [3.63, 3.8) is 0 Å². The van der Waals surface area contributed by atoms with Gasteiger partial charge in [-0.3, -0.25) is 14.2 Å². The lowest BCUT2D eigenvalue weighted by atomic mass is 10.1. The Labute approximate surface area is 163 Å². The molecule has 28 heavy (non-hydrogen) atoms. The number of benzene rings is 2. The van der Waals surface area contributed by atoms with Crippen molar-refractivity contribution < 1.29 is 4.79 Å². The Kier molecular flexibility index (Phi) is 6.18. The van der Waals surface area contributed by atoms with E-state index >= 15 is 0 Å². The second kappa shape index (κ2) is 8.96. The smallest absolute Gasteiger partial charge is 0.261 e. The molecule has 0 aliphatic rings. The van der Waals surface area contributed by atoms with Gasteiger partial charge in [-0.15, -0.1) is 0 Å². The minimum Gasteiger partial charge on any atom is -0.338 e. The molecule has 0 spiro atoms. The molecule has 0 saturated carbocycles. The van der Waals surface area contributed by atoms with Gasteiger partial charge in [-0.05, 0) is 36.2 Å². The summed E-state index contributed by atoms with van der Waals surface area (Å²) in [5.41, 5.74) is 2.10. The molecule has 6 nitrogen and oxygen atoms in total. The molecule has 0 aliphatic carbocycles. The molecule has 1 aromatic heterocycles. The topological polar surface area (TPSA) is 79.0 Å². The molecule has 0 radical (unpaired) electrons. The summed E-state index contributed by atoms with van der Waals surface area (Å²) in [4.78, 5) is 31.4. The van der Waals surface area contributed by atoms with Gasteiger partial charge in [-0.2, -0.15) is 5.26 Å². The van der Waals surface area contributed by atoms with Gasteiger partial charge in [-0.1, -0.05) is 31.2 Å². The summed E-state index contributed by atoms with van der Waals surface area (Å²) in [6, 6.07) is 16.5. The van der Waals surface area contributed by atoms with Crippen LogP contribution in [0.25, 0.3) is 10.9 Å². The summed E-state index contributed by atoms with van der Waals surface area (Å²) < 4.78 is 1.49. The van der Waals surface area contributed by atoms with Crippen LogP contribution in [0.15, 0.2) is 59.7 Å². The molecule has 1 amide bonds. The number of aromatic nitrogens is 2. The van der Waals surface area contributed by atoms with Gasteiger partial charge in [0.25, 0.3) is 5.56 Å². The highest BCUT2D eigenvalue weighted by Crippen LogP contribution is 2.10. The van der Waals surface area contributed by atoms with Crippen LogP contribution in [0.5, 0.6) is 0 Å². The van der Waals surface area contributed by atoms with Gasteiger partial charge < -0.3 is 4.90 Å². The fourth-order valence-corrected chi connectivity index (χ4v) is 3.11. The Morgan fingerprint density at radius 1 is 1.18 bits per heavy atom. The fraction of sp³-hybridized carbons (Fsp3) is 0.273. The maximum Gasteiger partial charge on any atom is 0.261 e. The van der Waals surface area contributed by atoms with Crippen molar-refractivity contribution in [2.45, 2.75) is 32.9 Å². The van der Waals surface area contributed by atoms with Crippen molar-refractivity contribution in [1.82, 2.24) is 14.5 Å². The van der Waals surface area contributed by atoms with Crippen LogP contribution in [0.4, 0.5) is 0 Å². The second-order valence-corrected chi connectivity index (χ2v) is 6.63. The molecule has 0 aliphatic heterocycles. The zero-order valence-electron chi connectivity index (χ0n) is 15.8. The lowest BCUT2D eigenvalue weighted by Crippen LogP contribution is -2.33. The monoisotopic (exact) mass is 374 g/mol. The van der Waals surface area contributed by atoms with Gasteiger partial charge in [0, 0.05) is 26.1 Å². The third kappa shape index (κ3) is 4.44. The Balaban J connectivity index is 1.69. The highest BCUT2D eigenvalue weighted by molar-refractivity contribution is 5.77. The van der Waals surface area contributed by atoms with Crippen LogP contribution in [0.3, 0.4) is 0 Å². The number of rotatable bonds is 7. The van der Waals surface area contributed by atoms with Crippen molar-refractivity contribution >= 4 is 16.8 Å². The molecule has 142 valence electrons. The molecule has 1 heterocycles. The molecule has 2 aromatic carbocycles. The first-order valence-corrected chi connectivity index (χ1v) is 9.33. The van der Waals surface area contributed by atoms with Crippen LogP contribution in [0.1, 0.15) is 30.9 Å². The zero-order chi connectivity index (χ0) is 19.9. The van der Waals surface area contributed by atoms with E-state index in [2.05, 4.69) is 11.1 Å². The molecule has 0 N–H and O–H groups in total. The van der Waals surface area contributed by atoms with E-state index in [-0.39, 0.29) is 17.9 Å². The number of nitrogens with zero attached hydrogens (tertiary/aromatic N) is 4. The zero-order valence-corrected chi connectivity index (χ0v) is 15.8. The normalized spacial score (nSPS) is 10.6. The average Bonchev–Trinajstić information content (AvgIpc) is 2.73. The van der Waals surface area contributed by atoms with E-state index in [0.29, 0.717) is 36.1 Å². The average molecular weight is 374 g/mol. The highest BCUT2D eigenvalue weighted by Gasteiger charge is 2.14. The van der Waals surface area contributed by atoms with E-state index in [1.165, 1.54) is 10.9 Å². The van der Waals surface area contributed by atoms with Crippen molar-refractivity contribution in [3.05, 3.63) is 76.3 Å². The van der Waals surface area contributed by atoms with Crippen LogP contribution in [0, 0.1) is 11.3 Å². The SMILES string of the molecule is CCCN(Cc1ccc(C#N)cc1)C(=O)CCn1cnc2ccccc2c1=O. The van der Waals surface area contributed by atoms with Crippen molar-refractivity contribution in [3.8, 4) is 6.07 Å². The summed E-state index contributed by atoms with van der Waals surface area (Å²) >= 11 is 0. The fourth-order valence-electron chi connectivity index (χ4n) is 3.11. The standard InChI is InChI=1S/C22H22N4O2/c1-2-12-25(15-18-9-7-17(14-23)8-10-18)21(27)11-13-26-16-24-20-6-4-3-5-19(20)22(26)28/h3-10,16H,2,11-13,15H2,1H3. The van der Waals surface area contributed by atoms with Crippen LogP contribution < -0.4 is 5.56 Å². The van der Waals surface area contributed by atoms with Gasteiger partial charge in [0.05, 0.1) is 28.9 Å². The molecule has 0 unspecified atom stereocenters. The first-order chi connectivity index (χ1) is 13.6. The summed E-state index contributed by atoms with van der Waals surface area (Å²) in [6.45, 7) is 3.45. The third-order valence-corrected chi connectivity index (χ3v) is 4.60. The second-order valence-electron chi connectivity index (χ2n) is 6.63. The lowest BCUT2D eigenvalue weighted by Gasteiger charge is -2.22. The molecular formula is C22H22N4O2. The van der Waals surface area contributed by atoms with Crippen molar-refractivity contribution in [2.24, 2.45) is 0 Å². The number of fused-ring (bicyclic) bond motifs is 1. The van der Waals surface area contributed by atoms with Gasteiger partial charge in [0.15, 0.2) is 0 Å². The maximum absolute atomic E-state index is 12.7. The van der Waals surface area contributed by atoms with E-state index in [1.54, 1.807) is 29.2 Å². The molecule has 0 atom stereocenters. The molecule has 3 aromatic rings. The Bertz CT molecular complexity index is 1060. The Morgan fingerprint density at radius 3 is 2.64 bits per heavy atom. The summed E-state index contributed by atoms with van der Waals surface area (Å²) in [7, 11) is 0. The quantitative estimate of drug-likeness (QED) is 0.636. The number of amides is 1. The third-order valence-electron chi connectivity index (χ3n) is 4.60. The predicted molar refractivity (Wildman–Crippen MR) is 107 cm³/mol. The van der Waals surface area contributed by atoms with Gasteiger partial charge in [0.1, 0.15) is 0 Å². The number of carbonyl (C=O) groups excluding carboxylic acids is 1. The van der Waals surface area contributed by atoms with Gasteiger partial charge in [-0.25, -0.2) is 4.98 Å². The van der Waals surface area contributed by atoms with E-state index in [4.69, 9.17) is 5.26 Å². The van der Waals surface area contributed by atoms with Crippen LogP contribution in [-0.4, -0.2) is 26.9 Å². The minimum atomic E-state index is -0.132. The summed E-state index contributed by atoms with van der Waals surface area (Å²) in [6.07, 6.45) is 2.58. The molecule has 3 rings (SSSR count). The largest absolute Gasteiger partial charge is 0.338 e. The Hall–Kier alpha value is -3.46. The number of para-hydroxylation sites is 1. The highest BCUT2D eigenvalue weighted by atomic mass is 16.2. The number of hydrogen-bond donors (Lipinski definition) is 0. The predicted octanol–water partition coefficient (Wildman–Crippen LogP) is 3.10. The summed E-state index contributed by atoms with van der Waals surface area (Å²) in [5.74, 6) is -0.00808. The number of hydrogen-bond acceptors (Lipinski definition) is 4. The van der Waals surface area contributed by atoms with Crippen LogP contribution >= 0.6 is 0 Å². The first kappa shape index (κ1) is 19.3. The van der Waals surface area contributed by atoms with Crippen LogP contribution in [-0.2, 0) is 17.9 Å². The van der Waals surface area contributed by atoms with E-state index in [0.717, 1.165) is 12.0 Å². The number of carbonyl (C=O) groups is 1. The van der Waals surface area contributed by atoms with E-state index in [1.807, 2.05) is 31.2 Å². The number of aryl methyl sites for hydroxylation is 1. The number of nitriles is 1. The molecule has 0 bridgehead atoms. The van der Waals surface area contributed by atoms with Crippen molar-refractivity contribution in [1.29, 1.82) is 5.26 Å². The molecule has 0 saturated heterocycles. The van der Waals surface area contributed by atoms with E-state index in [9.17, 15) is 9.59 Å². The molecule has 0 fully saturated rings. The molecule has 6 heteroatoms. The van der Waals surface area contributed by atoms with Gasteiger partial charge >= 0.3 is 0 Å². The van der Waals surface area contributed by atoms with Crippen LogP contribution in [0.2, 0.25) is 0 Å². The first-order valence-electron chi connectivity index (χ1n) is 9.33. The molecular weight excluding hydrogens is 352 g/mol. The summed E-state index contributed by atoms with van der Waals surface area (Å²) in [5, 5.41) is 9.46. The van der Waals surface area contributed by atoms with E-state index < -0.39 is 0 Å². The van der Waals surface area contributed by atoms with Crippen molar-refractivity contribution in [2.75, 3.05) is 6.54 Å². The lowest BCUT2D eigenvalue weighted by molar-refractivity contribution is -0.132. The Morgan fingerprint density at radius 2 is 1.93 bits per heavy atom. The van der Waals surface area contributed by atoms with Gasteiger partial charge in [0.2, 0.25) is 5.91 Å². The minimum absolute atomic E-state index is 0.00808. The maximum atomic E-state index is 12.7.